The third-order valence-corrected chi connectivity index (χ3v) is 3.80. The monoisotopic (exact) mass is 408 g/mol. The summed E-state index contributed by atoms with van der Waals surface area (Å²) in [6, 6.07) is 10.0. The van der Waals surface area contributed by atoms with Gasteiger partial charge in [0.05, 0.1) is 26.9 Å². The van der Waals surface area contributed by atoms with Gasteiger partial charge in [0, 0.05) is 10.0 Å². The molecule has 0 fully saturated rings. The highest BCUT2D eigenvalue weighted by Gasteiger charge is 2.18. The number of carbonyl (C=O) groups is 1. The molecule has 8 heteroatoms. The molecule has 2 aromatic carbocycles. The van der Waals surface area contributed by atoms with Crippen molar-refractivity contribution in [2.75, 3.05) is 21.3 Å². The lowest BCUT2D eigenvalue weighted by Gasteiger charge is -2.13. The zero-order valence-corrected chi connectivity index (χ0v) is 15.5. The Kier molecular flexibility index (Phi) is 6.24. The van der Waals surface area contributed by atoms with E-state index in [0.717, 1.165) is 4.47 Å². The Morgan fingerprint density at radius 2 is 1.52 bits per heavy atom. The van der Waals surface area contributed by atoms with Gasteiger partial charge in [-0.25, -0.2) is 4.79 Å². The van der Waals surface area contributed by atoms with Crippen molar-refractivity contribution in [3.63, 3.8) is 0 Å². The number of nitrogens with zero attached hydrogens (tertiary/aromatic N) is 1. The molecule has 0 aliphatic heterocycles. The standard InChI is InChI=1S/C17H17BrN2O5/c1-22-13-8-11(9-14(23-2)15(13)24-3)17(21)25-20-16(19)10-4-6-12(18)7-5-10/h4-9H,1-3H3,(H2,19,20). The molecule has 0 amide bonds. The van der Waals surface area contributed by atoms with Crippen LogP contribution in [0.5, 0.6) is 17.2 Å². The number of ether oxygens (including phenoxy) is 3. The zero-order chi connectivity index (χ0) is 18.4. The Balaban J connectivity index is 2.23. The maximum atomic E-state index is 12.2. The summed E-state index contributed by atoms with van der Waals surface area (Å²) in [4.78, 5) is 17.1. The van der Waals surface area contributed by atoms with E-state index >= 15 is 0 Å². The van der Waals surface area contributed by atoms with Crippen molar-refractivity contribution in [2.24, 2.45) is 10.9 Å². The van der Waals surface area contributed by atoms with Crippen molar-refractivity contribution in [3.8, 4) is 17.2 Å². The maximum Gasteiger partial charge on any atom is 0.366 e. The zero-order valence-electron chi connectivity index (χ0n) is 13.9. The number of hydrogen-bond donors (Lipinski definition) is 1. The van der Waals surface area contributed by atoms with Crippen molar-refractivity contribution in [1.29, 1.82) is 0 Å². The highest BCUT2D eigenvalue weighted by Crippen LogP contribution is 2.38. The van der Waals surface area contributed by atoms with Gasteiger partial charge in [0.25, 0.3) is 0 Å². The summed E-state index contributed by atoms with van der Waals surface area (Å²) in [7, 11) is 4.38. The summed E-state index contributed by atoms with van der Waals surface area (Å²) in [5.41, 5.74) is 6.63. The molecule has 0 saturated heterocycles. The molecule has 2 aromatic rings. The van der Waals surface area contributed by atoms with Crippen LogP contribution >= 0.6 is 15.9 Å². The molecule has 0 aliphatic carbocycles. The van der Waals surface area contributed by atoms with Gasteiger partial charge in [-0.15, -0.1) is 0 Å². The molecule has 0 unspecified atom stereocenters. The first-order chi connectivity index (χ1) is 12.0. The minimum Gasteiger partial charge on any atom is -0.493 e. The second-order valence-electron chi connectivity index (χ2n) is 4.78. The molecule has 0 radical (unpaired) electrons. The highest BCUT2D eigenvalue weighted by molar-refractivity contribution is 9.10. The van der Waals surface area contributed by atoms with E-state index in [1.165, 1.54) is 33.5 Å². The van der Waals surface area contributed by atoms with Crippen LogP contribution in [0.25, 0.3) is 0 Å². The number of carbonyl (C=O) groups excluding carboxylic acids is 1. The van der Waals surface area contributed by atoms with Gasteiger partial charge in [-0.1, -0.05) is 33.2 Å². The smallest absolute Gasteiger partial charge is 0.366 e. The number of rotatable bonds is 6. The van der Waals surface area contributed by atoms with Crippen LogP contribution in [-0.4, -0.2) is 33.1 Å². The predicted molar refractivity (Wildman–Crippen MR) is 96.4 cm³/mol. The van der Waals surface area contributed by atoms with Crippen molar-refractivity contribution in [3.05, 3.63) is 52.0 Å². The lowest BCUT2D eigenvalue weighted by Crippen LogP contribution is -2.15. The summed E-state index contributed by atoms with van der Waals surface area (Å²) in [5.74, 6) is 0.407. The van der Waals surface area contributed by atoms with Crippen LogP contribution in [-0.2, 0) is 4.84 Å². The molecule has 0 heterocycles. The first-order valence-corrected chi connectivity index (χ1v) is 7.90. The Morgan fingerprint density at radius 1 is 0.960 bits per heavy atom. The molecule has 0 atom stereocenters. The van der Waals surface area contributed by atoms with Gasteiger partial charge in [0.15, 0.2) is 17.3 Å². The fourth-order valence-electron chi connectivity index (χ4n) is 2.02. The van der Waals surface area contributed by atoms with Crippen LogP contribution in [0.15, 0.2) is 46.0 Å². The van der Waals surface area contributed by atoms with E-state index in [-0.39, 0.29) is 11.4 Å². The second kappa shape index (κ2) is 8.39. The van der Waals surface area contributed by atoms with Gasteiger partial charge < -0.3 is 24.8 Å². The summed E-state index contributed by atoms with van der Waals surface area (Å²) in [6.07, 6.45) is 0. The molecule has 0 spiro atoms. The van der Waals surface area contributed by atoms with Gasteiger partial charge in [0.2, 0.25) is 5.75 Å². The summed E-state index contributed by atoms with van der Waals surface area (Å²) >= 11 is 3.33. The van der Waals surface area contributed by atoms with Gasteiger partial charge in [-0.2, -0.15) is 0 Å². The van der Waals surface area contributed by atoms with E-state index < -0.39 is 5.97 Å². The van der Waals surface area contributed by atoms with E-state index in [9.17, 15) is 4.79 Å². The van der Waals surface area contributed by atoms with Crippen LogP contribution in [0, 0.1) is 0 Å². The Bertz CT molecular complexity index is 765. The average molecular weight is 409 g/mol. The van der Waals surface area contributed by atoms with Crippen LogP contribution in [0.4, 0.5) is 0 Å². The summed E-state index contributed by atoms with van der Waals surface area (Å²) < 4.78 is 16.5. The van der Waals surface area contributed by atoms with Crippen molar-refractivity contribution in [2.45, 2.75) is 0 Å². The Labute approximate surface area is 153 Å². The molecule has 0 bridgehead atoms. The Morgan fingerprint density at radius 3 is 2.00 bits per heavy atom. The maximum absolute atomic E-state index is 12.2. The molecule has 25 heavy (non-hydrogen) atoms. The fourth-order valence-corrected chi connectivity index (χ4v) is 2.28. The quantitative estimate of drug-likeness (QED) is 0.341. The molecule has 0 aromatic heterocycles. The van der Waals surface area contributed by atoms with Gasteiger partial charge >= 0.3 is 5.97 Å². The minimum absolute atomic E-state index is 0.0771. The number of oxime groups is 1. The lowest BCUT2D eigenvalue weighted by atomic mass is 10.2. The van der Waals surface area contributed by atoms with Crippen LogP contribution < -0.4 is 19.9 Å². The van der Waals surface area contributed by atoms with Crippen LogP contribution in [0.1, 0.15) is 15.9 Å². The number of nitrogens with two attached hydrogens (primary N) is 1. The van der Waals surface area contributed by atoms with Gasteiger partial charge in [-0.05, 0) is 24.3 Å². The van der Waals surface area contributed by atoms with Crippen molar-refractivity contribution >= 4 is 27.7 Å². The minimum atomic E-state index is -0.709. The largest absolute Gasteiger partial charge is 0.493 e. The van der Waals surface area contributed by atoms with Gasteiger partial charge in [0.1, 0.15) is 0 Å². The average Bonchev–Trinajstić information content (AvgIpc) is 2.64. The van der Waals surface area contributed by atoms with E-state index in [0.29, 0.717) is 22.8 Å². The molecule has 132 valence electrons. The van der Waals surface area contributed by atoms with E-state index in [2.05, 4.69) is 21.1 Å². The third kappa shape index (κ3) is 4.42. The number of amidine groups is 1. The number of benzene rings is 2. The molecule has 0 saturated carbocycles. The molecular weight excluding hydrogens is 392 g/mol. The van der Waals surface area contributed by atoms with Gasteiger partial charge in [-0.3, -0.25) is 0 Å². The lowest BCUT2D eigenvalue weighted by molar-refractivity contribution is 0.0515. The van der Waals surface area contributed by atoms with Crippen LogP contribution in [0.2, 0.25) is 0 Å². The SMILES string of the molecule is COc1cc(C(=O)O/N=C(/N)c2ccc(Br)cc2)cc(OC)c1OC. The van der Waals surface area contributed by atoms with E-state index in [1.807, 2.05) is 0 Å². The number of methoxy groups -OCH3 is 3. The van der Waals surface area contributed by atoms with Crippen LogP contribution in [0.3, 0.4) is 0 Å². The number of hydrogen-bond acceptors (Lipinski definition) is 6. The topological polar surface area (TPSA) is 92.4 Å². The molecule has 7 nitrogen and oxygen atoms in total. The van der Waals surface area contributed by atoms with E-state index in [4.69, 9.17) is 24.8 Å². The molecular formula is C17H17BrN2O5. The first kappa shape index (κ1) is 18.6. The number of halogens is 1. The molecule has 0 aliphatic rings. The molecule has 2 N–H and O–H groups in total. The predicted octanol–water partition coefficient (Wildman–Crippen LogP) is 2.95. The van der Waals surface area contributed by atoms with Crippen molar-refractivity contribution in [1.82, 2.24) is 0 Å². The van der Waals surface area contributed by atoms with E-state index in [1.54, 1.807) is 24.3 Å². The Hall–Kier alpha value is -2.74. The molecule has 2 rings (SSSR count). The second-order valence-corrected chi connectivity index (χ2v) is 5.69. The first-order valence-electron chi connectivity index (χ1n) is 7.11. The summed E-state index contributed by atoms with van der Waals surface area (Å²) in [5, 5.41) is 3.67. The summed E-state index contributed by atoms with van der Waals surface area (Å²) in [6.45, 7) is 0. The normalized spacial score (nSPS) is 11.0. The fraction of sp³-hybridized carbons (Fsp3) is 0.176. The third-order valence-electron chi connectivity index (χ3n) is 3.27. The van der Waals surface area contributed by atoms with Crippen molar-refractivity contribution < 1.29 is 23.8 Å². The highest BCUT2D eigenvalue weighted by atomic mass is 79.9.